The number of nitrogens with zero attached hydrogens (tertiary/aromatic N) is 9. The second-order valence-electron chi connectivity index (χ2n) is 6.26. The fourth-order valence-corrected chi connectivity index (χ4v) is 3.22. The van der Waals surface area contributed by atoms with Gasteiger partial charge in [-0.25, -0.2) is 0 Å². The molecule has 0 aromatic rings. The molecule has 16 heteroatoms. The molecule has 1 saturated carbocycles. The molecular formula is C12H19N9O7. The zero-order valence-electron chi connectivity index (χ0n) is 14.3. The third-order valence-corrected chi connectivity index (χ3v) is 4.67. The Morgan fingerprint density at radius 3 is 2.04 bits per heavy atom. The molecule has 5 unspecified atom stereocenters. The standard InChI is InChI=1S/C12H19N9O7/c13-19-16-3-1-4(17-20-14)11(10(26)7(3)23)28-12-6(18-21-15)9(25)8(24)5(2-22)27-12/h3-12,22-26H,1-2H2/t3-,4?,5?,6?,7-,8-,9?,10?,11-,12-/m1/s1. The fourth-order valence-electron chi connectivity index (χ4n) is 3.22. The Balaban J connectivity index is 2.31. The highest BCUT2D eigenvalue weighted by Crippen LogP contribution is 2.32. The highest BCUT2D eigenvalue weighted by molar-refractivity contribution is 5.02. The molecule has 10 atom stereocenters. The Bertz CT molecular complexity index is 693. The van der Waals surface area contributed by atoms with Crippen molar-refractivity contribution in [2.75, 3.05) is 6.61 Å². The first-order valence-corrected chi connectivity index (χ1v) is 8.16. The van der Waals surface area contributed by atoms with E-state index in [-0.39, 0.29) is 6.42 Å². The summed E-state index contributed by atoms with van der Waals surface area (Å²) in [6.45, 7) is -0.699. The van der Waals surface area contributed by atoms with Gasteiger partial charge in [-0.15, -0.1) is 0 Å². The first kappa shape index (κ1) is 21.9. The average molecular weight is 401 g/mol. The molecule has 28 heavy (non-hydrogen) atoms. The van der Waals surface area contributed by atoms with Gasteiger partial charge in [0.1, 0.15) is 24.4 Å². The van der Waals surface area contributed by atoms with Crippen molar-refractivity contribution < 1.29 is 35.0 Å². The number of rotatable bonds is 6. The Morgan fingerprint density at radius 2 is 1.46 bits per heavy atom. The van der Waals surface area contributed by atoms with Crippen molar-refractivity contribution in [2.24, 2.45) is 15.3 Å². The average Bonchev–Trinajstić information content (AvgIpc) is 2.68. The zero-order valence-corrected chi connectivity index (χ0v) is 14.3. The van der Waals surface area contributed by atoms with E-state index in [4.69, 9.17) is 26.1 Å². The largest absolute Gasteiger partial charge is 0.394 e. The lowest BCUT2D eigenvalue weighted by atomic mass is 9.84. The van der Waals surface area contributed by atoms with Gasteiger partial charge < -0.3 is 35.0 Å². The van der Waals surface area contributed by atoms with Crippen LogP contribution in [-0.2, 0) is 9.47 Å². The van der Waals surface area contributed by atoms with Gasteiger partial charge in [0.25, 0.3) is 0 Å². The molecule has 1 saturated heterocycles. The van der Waals surface area contributed by atoms with Gasteiger partial charge in [0, 0.05) is 14.7 Å². The first-order valence-electron chi connectivity index (χ1n) is 8.16. The van der Waals surface area contributed by atoms with Crippen LogP contribution in [0.15, 0.2) is 15.3 Å². The Labute approximate surface area is 156 Å². The van der Waals surface area contributed by atoms with Crippen LogP contribution in [0, 0.1) is 0 Å². The SMILES string of the molecule is [N-]=[N+]=NC1C(O)[C@H](O)C(CO)O[C@@H]1O[C@@H]1C(N=[N+]=[N-])C[C@@H](N=[N+]=[N-])[C@@H](O)C1O. The van der Waals surface area contributed by atoms with Crippen molar-refractivity contribution in [1.29, 1.82) is 0 Å². The first-order chi connectivity index (χ1) is 13.4. The maximum atomic E-state index is 10.4. The molecule has 5 N–H and O–H groups in total. The third-order valence-electron chi connectivity index (χ3n) is 4.67. The molecule has 0 aromatic carbocycles. The smallest absolute Gasteiger partial charge is 0.169 e. The second kappa shape index (κ2) is 9.73. The van der Waals surface area contributed by atoms with E-state index < -0.39 is 67.6 Å². The summed E-state index contributed by atoms with van der Waals surface area (Å²) in [4.78, 5) is 7.75. The molecule has 0 spiro atoms. The molecule has 0 aromatic heterocycles. The summed E-state index contributed by atoms with van der Waals surface area (Å²) in [5.74, 6) is 0. The minimum absolute atomic E-state index is 0.162. The lowest BCUT2D eigenvalue weighted by molar-refractivity contribution is -0.293. The van der Waals surface area contributed by atoms with Gasteiger partial charge in [-0.3, -0.25) is 0 Å². The maximum Gasteiger partial charge on any atom is 0.169 e. The summed E-state index contributed by atoms with van der Waals surface area (Å²) in [5.41, 5.74) is 26.0. The van der Waals surface area contributed by atoms with E-state index in [1.165, 1.54) is 0 Å². The Morgan fingerprint density at radius 1 is 0.857 bits per heavy atom. The number of ether oxygens (including phenoxy) is 2. The topological polar surface area (TPSA) is 266 Å². The van der Waals surface area contributed by atoms with E-state index in [0.29, 0.717) is 0 Å². The normalized spacial score (nSPS) is 43.2. The van der Waals surface area contributed by atoms with Crippen molar-refractivity contribution in [3.05, 3.63) is 31.3 Å². The minimum atomic E-state index is -1.69. The van der Waals surface area contributed by atoms with Gasteiger partial charge >= 0.3 is 0 Å². The number of hydrogen-bond acceptors (Lipinski definition) is 10. The van der Waals surface area contributed by atoms with Crippen molar-refractivity contribution >= 4 is 0 Å². The summed E-state index contributed by atoms with van der Waals surface area (Å²) in [6, 6.07) is -3.66. The van der Waals surface area contributed by atoms with Gasteiger partial charge in [-0.2, -0.15) is 0 Å². The van der Waals surface area contributed by atoms with Crippen LogP contribution >= 0.6 is 0 Å². The van der Waals surface area contributed by atoms with Gasteiger partial charge in [-0.05, 0) is 23.0 Å². The van der Waals surface area contributed by atoms with Crippen LogP contribution < -0.4 is 0 Å². The number of hydrogen-bond donors (Lipinski definition) is 5. The van der Waals surface area contributed by atoms with Gasteiger partial charge in [-0.1, -0.05) is 15.3 Å². The summed E-state index contributed by atoms with van der Waals surface area (Å²) in [7, 11) is 0. The van der Waals surface area contributed by atoms with E-state index in [1.807, 2.05) is 0 Å². The molecule has 1 aliphatic carbocycles. The minimum Gasteiger partial charge on any atom is -0.394 e. The lowest BCUT2D eigenvalue weighted by Crippen LogP contribution is -2.62. The summed E-state index contributed by atoms with van der Waals surface area (Å²) < 4.78 is 10.9. The van der Waals surface area contributed by atoms with Gasteiger partial charge in [0.2, 0.25) is 0 Å². The monoisotopic (exact) mass is 401 g/mol. The van der Waals surface area contributed by atoms with Gasteiger partial charge in [0.05, 0.1) is 37.0 Å². The highest BCUT2D eigenvalue weighted by atomic mass is 16.7. The summed E-state index contributed by atoms with van der Waals surface area (Å²) >= 11 is 0. The summed E-state index contributed by atoms with van der Waals surface area (Å²) in [5, 5.41) is 60.0. The quantitative estimate of drug-likeness (QED) is 0.209. The second-order valence-corrected chi connectivity index (χ2v) is 6.26. The number of aliphatic hydroxyl groups is 5. The van der Waals surface area contributed by atoms with Crippen LogP contribution in [0.4, 0.5) is 0 Å². The van der Waals surface area contributed by atoms with E-state index in [0.717, 1.165) is 0 Å². The molecule has 1 aliphatic heterocycles. The highest BCUT2D eigenvalue weighted by Gasteiger charge is 2.49. The molecule has 16 nitrogen and oxygen atoms in total. The van der Waals surface area contributed by atoms with Crippen LogP contribution in [0.3, 0.4) is 0 Å². The lowest BCUT2D eigenvalue weighted by Gasteiger charge is -2.45. The number of azide groups is 3. The zero-order chi connectivity index (χ0) is 20.8. The molecule has 2 fully saturated rings. The molecule has 0 bridgehead atoms. The van der Waals surface area contributed by atoms with Crippen molar-refractivity contribution in [3.8, 4) is 0 Å². The molecule has 0 amide bonds. The van der Waals surface area contributed by atoms with Crippen molar-refractivity contribution in [2.45, 2.75) is 67.5 Å². The van der Waals surface area contributed by atoms with Crippen molar-refractivity contribution in [3.63, 3.8) is 0 Å². The van der Waals surface area contributed by atoms with Crippen LogP contribution in [-0.4, -0.2) is 93.2 Å². The molecule has 154 valence electrons. The van der Waals surface area contributed by atoms with Crippen LogP contribution in [0.5, 0.6) is 0 Å². The molecule has 2 aliphatic rings. The van der Waals surface area contributed by atoms with E-state index in [9.17, 15) is 25.5 Å². The van der Waals surface area contributed by atoms with E-state index in [1.54, 1.807) is 0 Å². The van der Waals surface area contributed by atoms with E-state index >= 15 is 0 Å². The molecule has 0 radical (unpaired) electrons. The molecular weight excluding hydrogens is 382 g/mol. The van der Waals surface area contributed by atoms with Crippen LogP contribution in [0.2, 0.25) is 0 Å². The predicted molar refractivity (Wildman–Crippen MR) is 88.1 cm³/mol. The third kappa shape index (κ3) is 4.38. The Hall–Kier alpha value is -2.35. The molecule has 1 heterocycles. The van der Waals surface area contributed by atoms with Crippen LogP contribution in [0.25, 0.3) is 31.3 Å². The van der Waals surface area contributed by atoms with Crippen LogP contribution in [0.1, 0.15) is 6.42 Å². The Kier molecular flexibility index (Phi) is 7.62. The van der Waals surface area contributed by atoms with E-state index in [2.05, 4.69) is 30.1 Å². The predicted octanol–water partition coefficient (Wildman–Crippen LogP) is -1.03. The number of aliphatic hydroxyl groups excluding tert-OH is 5. The van der Waals surface area contributed by atoms with Crippen molar-refractivity contribution in [1.82, 2.24) is 0 Å². The molecule has 2 rings (SSSR count). The van der Waals surface area contributed by atoms with Gasteiger partial charge in [0.15, 0.2) is 6.29 Å². The summed E-state index contributed by atoms with van der Waals surface area (Å²) in [6.07, 6.45) is -10.9. The maximum absolute atomic E-state index is 10.4. The fraction of sp³-hybridized carbons (Fsp3) is 1.00.